The number of likely N-dealkylation sites (tertiary alicyclic amines) is 1. The first kappa shape index (κ1) is 16.2. The Labute approximate surface area is 143 Å². The van der Waals surface area contributed by atoms with Crippen molar-refractivity contribution < 1.29 is 14.4 Å². The summed E-state index contributed by atoms with van der Waals surface area (Å²) in [6.07, 6.45) is 0.151. The first-order valence-electron chi connectivity index (χ1n) is 7.64. The van der Waals surface area contributed by atoms with Crippen LogP contribution in [-0.2, 0) is 9.59 Å². The Bertz CT molecular complexity index is 773. The number of hydrogen-bond acceptors (Lipinski definition) is 5. The molecule has 0 saturated carbocycles. The van der Waals surface area contributed by atoms with Gasteiger partial charge in [-0.15, -0.1) is 11.3 Å². The van der Waals surface area contributed by atoms with E-state index in [-0.39, 0.29) is 24.1 Å². The van der Waals surface area contributed by atoms with E-state index < -0.39 is 6.04 Å². The zero-order valence-electron chi connectivity index (χ0n) is 13.1. The van der Waals surface area contributed by atoms with Gasteiger partial charge in [-0.25, -0.2) is 0 Å². The molecule has 2 aromatic rings. The van der Waals surface area contributed by atoms with E-state index in [4.69, 9.17) is 0 Å². The molecule has 1 unspecified atom stereocenters. The summed E-state index contributed by atoms with van der Waals surface area (Å²) in [6.45, 7) is 2.16. The van der Waals surface area contributed by atoms with Crippen LogP contribution in [0.5, 0.6) is 0 Å². The number of amides is 3. The highest BCUT2D eigenvalue weighted by molar-refractivity contribution is 7.12. The normalized spacial score (nSPS) is 17.2. The SMILES string of the molecule is CCN1C(=O)CC(Nc2cccc(NC(=O)c3cccs3)c2)C1=O. The van der Waals surface area contributed by atoms with Gasteiger partial charge in [0.05, 0.1) is 11.3 Å². The lowest BCUT2D eigenvalue weighted by molar-refractivity contribution is -0.138. The van der Waals surface area contributed by atoms with Crippen LogP contribution in [0.15, 0.2) is 41.8 Å². The molecule has 1 fully saturated rings. The van der Waals surface area contributed by atoms with Crippen molar-refractivity contribution in [2.24, 2.45) is 0 Å². The van der Waals surface area contributed by atoms with Crippen molar-refractivity contribution in [1.82, 2.24) is 4.90 Å². The maximum Gasteiger partial charge on any atom is 0.265 e. The van der Waals surface area contributed by atoms with Crippen LogP contribution in [0.2, 0.25) is 0 Å². The molecule has 3 amide bonds. The summed E-state index contributed by atoms with van der Waals surface area (Å²) in [5.41, 5.74) is 1.31. The molecule has 0 spiro atoms. The van der Waals surface area contributed by atoms with Crippen LogP contribution in [0.25, 0.3) is 0 Å². The van der Waals surface area contributed by atoms with Gasteiger partial charge in [-0.05, 0) is 36.6 Å². The minimum atomic E-state index is -0.555. The van der Waals surface area contributed by atoms with E-state index in [0.29, 0.717) is 22.8 Å². The van der Waals surface area contributed by atoms with Gasteiger partial charge in [0.1, 0.15) is 6.04 Å². The number of rotatable bonds is 5. The molecule has 1 atom stereocenters. The maximum atomic E-state index is 12.1. The van der Waals surface area contributed by atoms with Crippen molar-refractivity contribution in [3.05, 3.63) is 46.7 Å². The average molecular weight is 343 g/mol. The van der Waals surface area contributed by atoms with Crippen LogP contribution in [0.1, 0.15) is 23.0 Å². The van der Waals surface area contributed by atoms with Gasteiger partial charge < -0.3 is 10.6 Å². The number of hydrogen-bond donors (Lipinski definition) is 2. The van der Waals surface area contributed by atoms with E-state index in [0.717, 1.165) is 0 Å². The van der Waals surface area contributed by atoms with Gasteiger partial charge in [0.25, 0.3) is 11.8 Å². The fraction of sp³-hybridized carbons (Fsp3) is 0.235. The molecule has 124 valence electrons. The molecule has 0 radical (unpaired) electrons. The summed E-state index contributed by atoms with van der Waals surface area (Å²) in [4.78, 5) is 37.9. The number of carbonyl (C=O) groups is 3. The standard InChI is InChI=1S/C17H17N3O3S/c1-2-20-15(21)10-13(17(20)23)18-11-5-3-6-12(9-11)19-16(22)14-7-4-8-24-14/h3-9,13,18H,2,10H2,1H3,(H,19,22). The minimum Gasteiger partial charge on any atom is -0.373 e. The first-order valence-corrected chi connectivity index (χ1v) is 8.52. The second kappa shape index (κ2) is 6.84. The van der Waals surface area contributed by atoms with Crippen LogP contribution in [0.4, 0.5) is 11.4 Å². The Morgan fingerprint density at radius 3 is 2.71 bits per heavy atom. The summed E-state index contributed by atoms with van der Waals surface area (Å²) in [5, 5.41) is 7.73. The zero-order chi connectivity index (χ0) is 17.1. The number of thiophene rings is 1. The third-order valence-electron chi connectivity index (χ3n) is 3.77. The van der Waals surface area contributed by atoms with Crippen molar-refractivity contribution >= 4 is 40.4 Å². The molecule has 0 bridgehead atoms. The van der Waals surface area contributed by atoms with E-state index >= 15 is 0 Å². The van der Waals surface area contributed by atoms with Gasteiger partial charge in [0.15, 0.2) is 0 Å². The Morgan fingerprint density at radius 1 is 1.25 bits per heavy atom. The van der Waals surface area contributed by atoms with Crippen LogP contribution >= 0.6 is 11.3 Å². The fourth-order valence-electron chi connectivity index (χ4n) is 2.62. The molecule has 2 heterocycles. The number of anilines is 2. The molecule has 1 aliphatic heterocycles. The van der Waals surface area contributed by atoms with Crippen LogP contribution < -0.4 is 10.6 Å². The number of likely N-dealkylation sites (N-methyl/N-ethyl adjacent to an activating group) is 1. The number of imide groups is 1. The number of nitrogens with zero attached hydrogens (tertiary/aromatic N) is 1. The van der Waals surface area contributed by atoms with Crippen LogP contribution in [0.3, 0.4) is 0 Å². The van der Waals surface area contributed by atoms with E-state index in [1.165, 1.54) is 16.2 Å². The second-order valence-electron chi connectivity index (χ2n) is 5.39. The van der Waals surface area contributed by atoms with E-state index in [1.807, 2.05) is 11.4 Å². The number of benzene rings is 1. The topological polar surface area (TPSA) is 78.5 Å². The van der Waals surface area contributed by atoms with Crippen molar-refractivity contribution in [2.75, 3.05) is 17.2 Å². The molecule has 1 aromatic carbocycles. The largest absolute Gasteiger partial charge is 0.373 e. The smallest absolute Gasteiger partial charge is 0.265 e. The summed E-state index contributed by atoms with van der Waals surface area (Å²) >= 11 is 1.37. The molecule has 0 aliphatic carbocycles. The monoisotopic (exact) mass is 343 g/mol. The predicted molar refractivity (Wildman–Crippen MR) is 93.1 cm³/mol. The highest BCUT2D eigenvalue weighted by Crippen LogP contribution is 2.21. The number of nitrogens with one attached hydrogen (secondary N) is 2. The van der Waals surface area contributed by atoms with Gasteiger partial charge in [-0.2, -0.15) is 0 Å². The maximum absolute atomic E-state index is 12.1. The predicted octanol–water partition coefficient (Wildman–Crippen LogP) is 2.56. The van der Waals surface area contributed by atoms with Crippen molar-refractivity contribution in [1.29, 1.82) is 0 Å². The Kier molecular flexibility index (Phi) is 4.61. The molecule has 1 saturated heterocycles. The number of carbonyl (C=O) groups excluding carboxylic acids is 3. The zero-order valence-corrected chi connectivity index (χ0v) is 13.9. The van der Waals surface area contributed by atoms with E-state index in [2.05, 4.69) is 10.6 Å². The molecule has 3 rings (SSSR count). The van der Waals surface area contributed by atoms with E-state index in [1.54, 1.807) is 37.3 Å². The Morgan fingerprint density at radius 2 is 2.04 bits per heavy atom. The lowest BCUT2D eigenvalue weighted by atomic mass is 10.2. The lowest BCUT2D eigenvalue weighted by Crippen LogP contribution is -2.34. The lowest BCUT2D eigenvalue weighted by Gasteiger charge is -2.15. The quantitative estimate of drug-likeness (QED) is 0.818. The summed E-state index contributed by atoms with van der Waals surface area (Å²) < 4.78 is 0. The van der Waals surface area contributed by atoms with E-state index in [9.17, 15) is 14.4 Å². The highest BCUT2D eigenvalue weighted by Gasteiger charge is 2.37. The first-order chi connectivity index (χ1) is 11.6. The summed E-state index contributed by atoms with van der Waals surface area (Å²) in [7, 11) is 0. The van der Waals surface area contributed by atoms with Gasteiger partial charge in [0, 0.05) is 17.9 Å². The highest BCUT2D eigenvalue weighted by atomic mass is 32.1. The minimum absolute atomic E-state index is 0.151. The second-order valence-corrected chi connectivity index (χ2v) is 6.34. The molecular formula is C17H17N3O3S. The van der Waals surface area contributed by atoms with Crippen molar-refractivity contribution in [2.45, 2.75) is 19.4 Å². The Balaban J connectivity index is 1.69. The molecule has 2 N–H and O–H groups in total. The van der Waals surface area contributed by atoms with Gasteiger partial charge in [0.2, 0.25) is 5.91 Å². The third kappa shape index (κ3) is 3.30. The van der Waals surface area contributed by atoms with Crippen molar-refractivity contribution in [3.63, 3.8) is 0 Å². The molecule has 7 heteroatoms. The fourth-order valence-corrected chi connectivity index (χ4v) is 3.24. The van der Waals surface area contributed by atoms with Crippen molar-refractivity contribution in [3.8, 4) is 0 Å². The van der Waals surface area contributed by atoms with Gasteiger partial charge in [-0.3, -0.25) is 19.3 Å². The van der Waals surface area contributed by atoms with Gasteiger partial charge >= 0.3 is 0 Å². The molecule has 6 nitrogen and oxygen atoms in total. The third-order valence-corrected chi connectivity index (χ3v) is 4.64. The molecule has 1 aliphatic rings. The summed E-state index contributed by atoms with van der Waals surface area (Å²) in [6, 6.07) is 10.1. The molecular weight excluding hydrogens is 326 g/mol. The Hall–Kier alpha value is -2.67. The van der Waals surface area contributed by atoms with Crippen LogP contribution in [-0.4, -0.2) is 35.2 Å². The average Bonchev–Trinajstić information content (AvgIpc) is 3.17. The molecule has 24 heavy (non-hydrogen) atoms. The summed E-state index contributed by atoms with van der Waals surface area (Å²) in [5.74, 6) is -0.552. The molecule has 1 aromatic heterocycles. The van der Waals surface area contributed by atoms with Gasteiger partial charge in [-0.1, -0.05) is 12.1 Å². The van der Waals surface area contributed by atoms with Crippen LogP contribution in [0, 0.1) is 0 Å².